The monoisotopic (exact) mass is 285 g/mol. The van der Waals surface area contributed by atoms with Gasteiger partial charge in [-0.1, -0.05) is 6.07 Å². The molecule has 1 fully saturated rings. The van der Waals surface area contributed by atoms with Gasteiger partial charge >= 0.3 is 0 Å². The molecule has 0 heterocycles. The highest BCUT2D eigenvalue weighted by Gasteiger charge is 2.25. The lowest BCUT2D eigenvalue weighted by Crippen LogP contribution is -2.20. The van der Waals surface area contributed by atoms with Crippen LogP contribution in [0.1, 0.15) is 30.4 Å². The minimum Gasteiger partial charge on any atom is -0.507 e. The number of aryl methyl sites for hydroxylation is 2. The van der Waals surface area contributed by atoms with Crippen LogP contribution < -0.4 is 5.32 Å². The highest BCUT2D eigenvalue weighted by atomic mass is 16.3. The number of carbonyl (C=O) groups excluding carboxylic acids is 2. The van der Waals surface area contributed by atoms with E-state index in [0.29, 0.717) is 19.3 Å². The Kier molecular flexibility index (Phi) is 4.58. The summed E-state index contributed by atoms with van der Waals surface area (Å²) in [5.41, 5.74) is 3.18. The molecule has 1 aliphatic rings. The van der Waals surface area contributed by atoms with Crippen molar-refractivity contribution < 1.29 is 14.7 Å². The predicted octanol–water partition coefficient (Wildman–Crippen LogP) is 3.36. The number of ketones is 2. The molecule has 110 valence electrons. The Hall–Kier alpha value is -2.36. The molecule has 0 saturated heterocycles. The van der Waals surface area contributed by atoms with Gasteiger partial charge in [-0.25, -0.2) is 0 Å². The average molecular weight is 285 g/mol. The van der Waals surface area contributed by atoms with Gasteiger partial charge in [0.15, 0.2) is 11.6 Å². The average Bonchev–Trinajstić information content (AvgIpc) is 2.42. The first-order valence-corrected chi connectivity index (χ1v) is 6.99. The molecule has 0 radical (unpaired) electrons. The molecule has 0 atom stereocenters. The Morgan fingerprint density at radius 2 is 1.81 bits per heavy atom. The molecule has 1 aromatic rings. The van der Waals surface area contributed by atoms with E-state index in [1.807, 2.05) is 32.0 Å². The number of rotatable bonds is 3. The second-order valence-corrected chi connectivity index (χ2v) is 5.24. The minimum atomic E-state index is -0.278. The number of benzene rings is 1. The fraction of sp³-hybridized carbons (Fsp3) is 0.294. The van der Waals surface area contributed by atoms with Gasteiger partial charge in [-0.05, 0) is 49.6 Å². The van der Waals surface area contributed by atoms with Crippen LogP contribution in [0.4, 0.5) is 5.69 Å². The molecule has 0 bridgehead atoms. The van der Waals surface area contributed by atoms with Gasteiger partial charge in [0, 0.05) is 24.7 Å². The third kappa shape index (κ3) is 3.60. The van der Waals surface area contributed by atoms with E-state index in [0.717, 1.165) is 11.3 Å². The predicted molar refractivity (Wildman–Crippen MR) is 82.2 cm³/mol. The van der Waals surface area contributed by atoms with Gasteiger partial charge in [0.05, 0.1) is 0 Å². The first-order valence-electron chi connectivity index (χ1n) is 6.99. The number of nitrogens with one attached hydrogen (secondary N) is 1. The van der Waals surface area contributed by atoms with E-state index < -0.39 is 0 Å². The van der Waals surface area contributed by atoms with E-state index in [1.165, 1.54) is 17.8 Å². The summed E-state index contributed by atoms with van der Waals surface area (Å²) in [6, 6.07) is 5.91. The van der Waals surface area contributed by atoms with Crippen LogP contribution in [-0.4, -0.2) is 16.7 Å². The van der Waals surface area contributed by atoms with E-state index >= 15 is 0 Å². The minimum absolute atomic E-state index is 0.0700. The molecule has 0 unspecified atom stereocenters. The molecule has 4 nitrogen and oxygen atoms in total. The van der Waals surface area contributed by atoms with E-state index in [4.69, 9.17) is 0 Å². The highest BCUT2D eigenvalue weighted by Crippen LogP contribution is 2.20. The Balaban J connectivity index is 2.11. The van der Waals surface area contributed by atoms with Crippen molar-refractivity contribution in [2.24, 2.45) is 0 Å². The van der Waals surface area contributed by atoms with Crippen LogP contribution in [0.3, 0.4) is 0 Å². The molecule has 1 aromatic carbocycles. The van der Waals surface area contributed by atoms with Crippen LogP contribution >= 0.6 is 0 Å². The summed E-state index contributed by atoms with van der Waals surface area (Å²) in [5, 5.41) is 12.9. The second kappa shape index (κ2) is 6.39. The molecule has 2 N–H and O–H groups in total. The van der Waals surface area contributed by atoms with Gasteiger partial charge in [-0.15, -0.1) is 0 Å². The smallest absolute Gasteiger partial charge is 0.170 e. The molecular weight excluding hydrogens is 266 g/mol. The molecule has 4 heteroatoms. The Morgan fingerprint density at radius 3 is 2.43 bits per heavy atom. The third-order valence-corrected chi connectivity index (χ3v) is 3.62. The van der Waals surface area contributed by atoms with E-state index in [9.17, 15) is 14.7 Å². The number of aliphatic hydroxyl groups excluding tert-OH is 1. The quantitative estimate of drug-likeness (QED) is 0.507. The number of hydrogen-bond acceptors (Lipinski definition) is 4. The van der Waals surface area contributed by atoms with Crippen molar-refractivity contribution in [3.05, 3.63) is 52.9 Å². The Morgan fingerprint density at radius 1 is 1.14 bits per heavy atom. The van der Waals surface area contributed by atoms with Crippen molar-refractivity contribution in [1.29, 1.82) is 0 Å². The molecule has 1 aliphatic carbocycles. The zero-order chi connectivity index (χ0) is 15.4. The van der Waals surface area contributed by atoms with Gasteiger partial charge < -0.3 is 10.4 Å². The van der Waals surface area contributed by atoms with Gasteiger partial charge in [-0.3, -0.25) is 9.59 Å². The van der Waals surface area contributed by atoms with Crippen molar-refractivity contribution in [2.45, 2.75) is 33.1 Å². The topological polar surface area (TPSA) is 66.4 Å². The second-order valence-electron chi connectivity index (χ2n) is 5.24. The summed E-state index contributed by atoms with van der Waals surface area (Å²) in [6.45, 7) is 4.05. The van der Waals surface area contributed by atoms with E-state index in [1.54, 1.807) is 0 Å². The summed E-state index contributed by atoms with van der Waals surface area (Å²) >= 11 is 0. The standard InChI is InChI=1S/C17H19NO3/c1-11-6-7-13(10-12(11)2)18-9-8-16(21)17-14(19)4-3-5-15(17)20/h6-10,18,21H,3-5H2,1-2H3/b9-8-. The van der Waals surface area contributed by atoms with Crippen molar-refractivity contribution in [3.63, 3.8) is 0 Å². The molecule has 2 rings (SSSR count). The number of allylic oxidation sites excluding steroid dienone is 2. The van der Waals surface area contributed by atoms with Crippen LogP contribution in [0, 0.1) is 13.8 Å². The zero-order valence-corrected chi connectivity index (χ0v) is 12.3. The fourth-order valence-electron chi connectivity index (χ4n) is 2.23. The van der Waals surface area contributed by atoms with Crippen LogP contribution in [0.25, 0.3) is 0 Å². The lowest BCUT2D eigenvalue weighted by atomic mass is 9.91. The lowest BCUT2D eigenvalue weighted by Gasteiger charge is -2.12. The summed E-state index contributed by atoms with van der Waals surface area (Å²) in [5.74, 6) is -0.819. The first-order chi connectivity index (χ1) is 9.99. The highest BCUT2D eigenvalue weighted by molar-refractivity contribution is 6.22. The van der Waals surface area contributed by atoms with Crippen LogP contribution in [0.5, 0.6) is 0 Å². The van der Waals surface area contributed by atoms with Crippen LogP contribution in [-0.2, 0) is 9.59 Å². The Bertz CT molecular complexity index is 623. The van der Waals surface area contributed by atoms with Gasteiger partial charge in [-0.2, -0.15) is 0 Å². The van der Waals surface area contributed by atoms with Crippen molar-refractivity contribution in [2.75, 3.05) is 5.32 Å². The van der Waals surface area contributed by atoms with E-state index in [2.05, 4.69) is 5.32 Å². The van der Waals surface area contributed by atoms with E-state index in [-0.39, 0.29) is 22.9 Å². The van der Waals surface area contributed by atoms with Gasteiger partial charge in [0.1, 0.15) is 11.3 Å². The zero-order valence-electron chi connectivity index (χ0n) is 12.3. The molecule has 21 heavy (non-hydrogen) atoms. The lowest BCUT2D eigenvalue weighted by molar-refractivity contribution is -0.124. The maximum Gasteiger partial charge on any atom is 0.170 e. The maximum atomic E-state index is 11.7. The number of hydrogen-bond donors (Lipinski definition) is 2. The largest absolute Gasteiger partial charge is 0.507 e. The van der Waals surface area contributed by atoms with Gasteiger partial charge in [0.25, 0.3) is 0 Å². The van der Waals surface area contributed by atoms with Crippen LogP contribution in [0.2, 0.25) is 0 Å². The van der Waals surface area contributed by atoms with Crippen molar-refractivity contribution in [3.8, 4) is 0 Å². The number of carbonyl (C=O) groups is 2. The van der Waals surface area contributed by atoms with Gasteiger partial charge in [0.2, 0.25) is 0 Å². The molecule has 0 aromatic heterocycles. The summed E-state index contributed by atoms with van der Waals surface area (Å²) in [6.07, 6.45) is 4.10. The van der Waals surface area contributed by atoms with Crippen LogP contribution in [0.15, 0.2) is 41.8 Å². The van der Waals surface area contributed by atoms with Crippen molar-refractivity contribution >= 4 is 17.3 Å². The maximum absolute atomic E-state index is 11.7. The molecule has 0 aliphatic heterocycles. The molecule has 0 spiro atoms. The van der Waals surface area contributed by atoms with Crippen molar-refractivity contribution in [1.82, 2.24) is 0 Å². The Labute approximate surface area is 124 Å². The first kappa shape index (κ1) is 15.0. The molecule has 0 amide bonds. The summed E-state index contributed by atoms with van der Waals surface area (Å²) < 4.78 is 0. The molecule has 1 saturated carbocycles. The summed E-state index contributed by atoms with van der Waals surface area (Å²) in [7, 11) is 0. The number of anilines is 1. The summed E-state index contributed by atoms with van der Waals surface area (Å²) in [4.78, 5) is 23.3. The third-order valence-electron chi connectivity index (χ3n) is 3.62. The fourth-order valence-corrected chi connectivity index (χ4v) is 2.23. The normalized spacial score (nSPS) is 15.6. The SMILES string of the molecule is Cc1ccc(N/C=C\C(O)=C2C(=O)CCCC2=O)cc1C. The number of Topliss-reactive ketones (excluding diaryl/α,β-unsaturated/α-hetero) is 2. The number of aliphatic hydroxyl groups is 1. The molecular formula is C17H19NO3.